The van der Waals surface area contributed by atoms with E-state index >= 15 is 0 Å². The highest BCUT2D eigenvalue weighted by Gasteiger charge is 2.36. The molecular weight excluding hydrogens is 519 g/mol. The van der Waals surface area contributed by atoms with Gasteiger partial charge in [0, 0.05) is 31.1 Å². The Labute approximate surface area is 210 Å². The number of ether oxygens (including phenoxy) is 2. The molecule has 0 aliphatic carbocycles. The Hall–Kier alpha value is -3.75. The molecule has 2 N–H and O–H groups in total. The van der Waals surface area contributed by atoms with Crippen molar-refractivity contribution in [2.45, 2.75) is 11.1 Å². The number of hydrogen-bond donors (Lipinski definition) is 2. The molecule has 0 radical (unpaired) electrons. The van der Waals surface area contributed by atoms with Crippen molar-refractivity contribution in [3.05, 3.63) is 66.4 Å². The maximum Gasteiger partial charge on any atom is 0.454 e. The van der Waals surface area contributed by atoms with Gasteiger partial charge in [0.25, 0.3) is 11.7 Å². The summed E-state index contributed by atoms with van der Waals surface area (Å²) < 4.78 is 73.6. The second-order valence-electron chi connectivity index (χ2n) is 7.55. The predicted octanol–water partition coefficient (Wildman–Crippen LogP) is 2.56. The number of carbonyl (C=O) groups excluding carboxylic acids is 3. The maximum absolute atomic E-state index is 12.7. The number of alkyl halides is 3. The lowest BCUT2D eigenvalue weighted by Gasteiger charge is -2.26. The van der Waals surface area contributed by atoms with Crippen LogP contribution in [0.15, 0.2) is 65.7 Å². The quantitative estimate of drug-likeness (QED) is 0.366. The molecular formula is C23H22F3N3O7S. The predicted molar refractivity (Wildman–Crippen MR) is 125 cm³/mol. The van der Waals surface area contributed by atoms with Crippen molar-refractivity contribution in [1.82, 2.24) is 4.31 Å². The SMILES string of the molecule is O=C(COC(=O)c1ccccc1NC=CC(=O)C(F)(F)F)Nc1ccc(S(=O)(=O)N2CCOCC2)cc1. The van der Waals surface area contributed by atoms with Gasteiger partial charge in [-0.1, -0.05) is 12.1 Å². The number of halogens is 3. The van der Waals surface area contributed by atoms with Crippen molar-refractivity contribution in [2.24, 2.45) is 0 Å². The van der Waals surface area contributed by atoms with E-state index in [1.165, 1.54) is 52.8 Å². The first-order valence-corrected chi connectivity index (χ1v) is 12.2. The molecule has 1 amide bonds. The van der Waals surface area contributed by atoms with E-state index in [0.717, 1.165) is 6.20 Å². The number of para-hydroxylation sites is 1. The molecule has 1 saturated heterocycles. The van der Waals surface area contributed by atoms with Crippen molar-refractivity contribution < 1.29 is 45.4 Å². The van der Waals surface area contributed by atoms with Crippen LogP contribution in [0.4, 0.5) is 24.5 Å². The lowest BCUT2D eigenvalue weighted by atomic mass is 10.2. The number of morpholine rings is 1. The fourth-order valence-corrected chi connectivity index (χ4v) is 4.55. The van der Waals surface area contributed by atoms with E-state index in [2.05, 4.69) is 10.6 Å². The number of anilines is 2. The van der Waals surface area contributed by atoms with Crippen LogP contribution >= 0.6 is 0 Å². The molecule has 1 aliphatic heterocycles. The van der Waals surface area contributed by atoms with Crippen LogP contribution in [-0.4, -0.2) is 69.5 Å². The highest BCUT2D eigenvalue weighted by molar-refractivity contribution is 7.89. The largest absolute Gasteiger partial charge is 0.454 e. The number of rotatable bonds is 9. The monoisotopic (exact) mass is 541 g/mol. The summed E-state index contributed by atoms with van der Waals surface area (Å²) in [5.74, 6) is -3.73. The molecule has 0 saturated carbocycles. The highest BCUT2D eigenvalue weighted by Crippen LogP contribution is 2.20. The standard InChI is InChI=1S/C23H22F3N3O7S/c24-23(25,26)20(30)9-10-27-19-4-2-1-3-18(19)22(32)36-15-21(31)28-16-5-7-17(8-6-16)37(33,34)29-11-13-35-14-12-29/h1-10,27H,11-15H2,(H,28,31). The first-order chi connectivity index (χ1) is 17.5. The van der Waals surface area contributed by atoms with Crippen LogP contribution in [0.3, 0.4) is 0 Å². The zero-order valence-corrected chi connectivity index (χ0v) is 20.0. The number of amides is 1. The third kappa shape index (κ3) is 7.62. The van der Waals surface area contributed by atoms with E-state index in [9.17, 15) is 36.0 Å². The van der Waals surface area contributed by atoms with E-state index in [4.69, 9.17) is 9.47 Å². The highest BCUT2D eigenvalue weighted by atomic mass is 32.2. The molecule has 0 spiro atoms. The van der Waals surface area contributed by atoms with E-state index in [1.807, 2.05) is 0 Å². The van der Waals surface area contributed by atoms with Gasteiger partial charge in [0.15, 0.2) is 6.61 Å². The number of allylic oxidation sites excluding steroid dienone is 1. The van der Waals surface area contributed by atoms with Crippen LogP contribution < -0.4 is 10.6 Å². The Kier molecular flexibility index (Phi) is 9.02. The molecule has 0 aromatic heterocycles. The van der Waals surface area contributed by atoms with E-state index in [0.29, 0.717) is 13.2 Å². The molecule has 1 heterocycles. The fourth-order valence-electron chi connectivity index (χ4n) is 3.14. The Balaban J connectivity index is 1.55. The van der Waals surface area contributed by atoms with Crippen molar-refractivity contribution in [3.63, 3.8) is 0 Å². The number of nitrogens with zero attached hydrogens (tertiary/aromatic N) is 1. The molecule has 1 aliphatic rings. The summed E-state index contributed by atoms with van der Waals surface area (Å²) in [5.41, 5.74) is 0.233. The van der Waals surface area contributed by atoms with Gasteiger partial charge in [0.2, 0.25) is 10.0 Å². The van der Waals surface area contributed by atoms with Crippen molar-refractivity contribution in [1.29, 1.82) is 0 Å². The van der Waals surface area contributed by atoms with Crippen LogP contribution in [-0.2, 0) is 29.1 Å². The van der Waals surface area contributed by atoms with Crippen molar-refractivity contribution in [3.8, 4) is 0 Å². The summed E-state index contributed by atoms with van der Waals surface area (Å²) >= 11 is 0. The van der Waals surface area contributed by atoms with Crippen molar-refractivity contribution >= 4 is 39.1 Å². The number of hydrogen-bond acceptors (Lipinski definition) is 8. The van der Waals surface area contributed by atoms with Gasteiger partial charge in [-0.2, -0.15) is 17.5 Å². The van der Waals surface area contributed by atoms with Crippen LogP contribution in [0.1, 0.15) is 10.4 Å². The molecule has 0 bridgehead atoms. The van der Waals surface area contributed by atoms with Gasteiger partial charge in [-0.15, -0.1) is 0 Å². The average molecular weight is 542 g/mol. The zero-order valence-electron chi connectivity index (χ0n) is 19.2. The van der Waals surface area contributed by atoms with Gasteiger partial charge >= 0.3 is 12.1 Å². The van der Waals surface area contributed by atoms with Gasteiger partial charge in [-0.05, 0) is 36.4 Å². The van der Waals surface area contributed by atoms with E-state index in [1.54, 1.807) is 0 Å². The summed E-state index contributed by atoms with van der Waals surface area (Å²) in [6.45, 7) is 0.408. The molecule has 10 nitrogen and oxygen atoms in total. The topological polar surface area (TPSA) is 131 Å². The minimum absolute atomic E-state index is 0.0499. The summed E-state index contributed by atoms with van der Waals surface area (Å²) in [7, 11) is -3.70. The van der Waals surface area contributed by atoms with E-state index < -0.39 is 40.5 Å². The summed E-state index contributed by atoms with van der Waals surface area (Å²) in [6.07, 6.45) is -4.02. The normalized spacial score (nSPS) is 14.8. The number of nitrogens with one attached hydrogen (secondary N) is 2. The number of sulfonamides is 1. The fraction of sp³-hybridized carbons (Fsp3) is 0.261. The number of esters is 1. The molecule has 0 atom stereocenters. The van der Waals surface area contributed by atoms with Crippen molar-refractivity contribution in [2.75, 3.05) is 43.5 Å². The van der Waals surface area contributed by atoms with E-state index in [-0.39, 0.29) is 41.0 Å². The molecule has 14 heteroatoms. The van der Waals surface area contributed by atoms with Crippen LogP contribution in [0.25, 0.3) is 0 Å². The third-order valence-corrected chi connectivity index (χ3v) is 6.89. The van der Waals surface area contributed by atoms with Gasteiger partial charge < -0.3 is 20.1 Å². The molecule has 0 unspecified atom stereocenters. The molecule has 37 heavy (non-hydrogen) atoms. The summed E-state index contributed by atoms with van der Waals surface area (Å²) in [4.78, 5) is 35.6. The minimum atomic E-state index is -5.03. The molecule has 3 rings (SSSR count). The van der Waals surface area contributed by atoms with Gasteiger partial charge in [0.05, 0.1) is 29.4 Å². The number of benzene rings is 2. The number of ketones is 1. The number of carbonyl (C=O) groups is 3. The van der Waals surface area contributed by atoms with Crippen LogP contribution in [0.2, 0.25) is 0 Å². The minimum Gasteiger partial charge on any atom is -0.452 e. The second-order valence-corrected chi connectivity index (χ2v) is 9.49. The van der Waals surface area contributed by atoms with Gasteiger partial charge in [-0.3, -0.25) is 9.59 Å². The first-order valence-electron chi connectivity index (χ1n) is 10.8. The lowest BCUT2D eigenvalue weighted by molar-refractivity contribution is -0.165. The van der Waals surface area contributed by atoms with Crippen LogP contribution in [0, 0.1) is 0 Å². The molecule has 2 aromatic rings. The summed E-state index contributed by atoms with van der Waals surface area (Å²) in [6, 6.07) is 11.1. The van der Waals surface area contributed by atoms with Gasteiger partial charge in [0.1, 0.15) is 0 Å². The Morgan fingerprint density at radius 1 is 1.03 bits per heavy atom. The first kappa shape index (κ1) is 27.8. The lowest BCUT2D eigenvalue weighted by Crippen LogP contribution is -2.40. The third-order valence-electron chi connectivity index (χ3n) is 4.98. The Morgan fingerprint density at radius 3 is 2.32 bits per heavy atom. The maximum atomic E-state index is 12.7. The summed E-state index contributed by atoms with van der Waals surface area (Å²) in [5, 5.41) is 4.87. The van der Waals surface area contributed by atoms with Crippen LogP contribution in [0.5, 0.6) is 0 Å². The molecule has 1 fully saturated rings. The zero-order chi connectivity index (χ0) is 27.1. The smallest absolute Gasteiger partial charge is 0.452 e. The van der Waals surface area contributed by atoms with Gasteiger partial charge in [-0.25, -0.2) is 13.2 Å². The Morgan fingerprint density at radius 2 is 1.68 bits per heavy atom. The molecule has 198 valence electrons. The second kappa shape index (κ2) is 12.0. The average Bonchev–Trinajstić information content (AvgIpc) is 2.88. The Bertz CT molecular complexity index is 1270. The molecule has 2 aromatic carbocycles.